The highest BCUT2D eigenvalue weighted by Crippen LogP contribution is 2.23. The third-order valence-corrected chi connectivity index (χ3v) is 3.58. The first-order valence-corrected chi connectivity index (χ1v) is 7.39. The summed E-state index contributed by atoms with van der Waals surface area (Å²) >= 11 is 0. The molecule has 3 rings (SSSR count). The van der Waals surface area contributed by atoms with Crippen molar-refractivity contribution in [1.82, 2.24) is 14.2 Å². The molecule has 2 heterocycles. The van der Waals surface area contributed by atoms with E-state index in [9.17, 15) is 9.59 Å². The molecule has 0 aliphatic heterocycles. The second kappa shape index (κ2) is 6.08. The summed E-state index contributed by atoms with van der Waals surface area (Å²) in [5.74, 6) is -0.454. The molecule has 0 spiro atoms. The van der Waals surface area contributed by atoms with Gasteiger partial charge in [0, 0.05) is 11.8 Å². The average molecular weight is 311 g/mol. The van der Waals surface area contributed by atoms with Crippen LogP contribution in [0.5, 0.6) is 0 Å². The van der Waals surface area contributed by atoms with E-state index >= 15 is 0 Å². The maximum absolute atomic E-state index is 12.7. The molecule has 0 N–H and O–H groups in total. The van der Waals surface area contributed by atoms with E-state index in [2.05, 4.69) is 5.10 Å². The van der Waals surface area contributed by atoms with Crippen LogP contribution in [0.2, 0.25) is 0 Å². The van der Waals surface area contributed by atoms with Crippen LogP contribution in [0.15, 0.2) is 47.7 Å². The van der Waals surface area contributed by atoms with Crippen molar-refractivity contribution in [1.29, 1.82) is 0 Å². The molecule has 0 radical (unpaired) electrons. The molecule has 0 fully saturated rings. The minimum absolute atomic E-state index is 0.144. The molecular weight excluding hydrogens is 294 g/mol. The van der Waals surface area contributed by atoms with E-state index < -0.39 is 5.97 Å². The molecule has 0 bridgehead atoms. The Balaban J connectivity index is 2.11. The van der Waals surface area contributed by atoms with E-state index in [1.165, 1.54) is 15.4 Å². The fraction of sp³-hybridized carbons (Fsp3) is 0.235. The summed E-state index contributed by atoms with van der Waals surface area (Å²) in [4.78, 5) is 24.3. The fourth-order valence-electron chi connectivity index (χ4n) is 2.54. The maximum Gasteiger partial charge on any atom is 0.326 e. The molecular formula is C17H17N3O3. The molecule has 2 aromatic heterocycles. The van der Waals surface area contributed by atoms with Gasteiger partial charge in [-0.2, -0.15) is 5.10 Å². The number of aromatic nitrogens is 3. The van der Waals surface area contributed by atoms with Gasteiger partial charge in [0.15, 0.2) is 0 Å². The summed E-state index contributed by atoms with van der Waals surface area (Å²) < 4.78 is 7.69. The lowest BCUT2D eigenvalue weighted by Crippen LogP contribution is -2.27. The van der Waals surface area contributed by atoms with Gasteiger partial charge in [0.05, 0.1) is 6.61 Å². The fourth-order valence-corrected chi connectivity index (χ4v) is 2.54. The Morgan fingerprint density at radius 3 is 2.87 bits per heavy atom. The molecule has 0 saturated heterocycles. The van der Waals surface area contributed by atoms with Gasteiger partial charge in [-0.3, -0.25) is 14.2 Å². The second-order valence-electron chi connectivity index (χ2n) is 5.26. The van der Waals surface area contributed by atoms with Crippen molar-refractivity contribution in [3.05, 3.63) is 58.8 Å². The number of rotatable bonds is 4. The minimum Gasteiger partial charge on any atom is -0.465 e. The van der Waals surface area contributed by atoms with Crippen LogP contribution < -0.4 is 5.56 Å². The summed E-state index contributed by atoms with van der Waals surface area (Å²) in [7, 11) is 0. The van der Waals surface area contributed by atoms with Crippen LogP contribution in [-0.2, 0) is 16.1 Å². The van der Waals surface area contributed by atoms with Crippen molar-refractivity contribution in [2.45, 2.75) is 20.4 Å². The van der Waals surface area contributed by atoms with Crippen molar-refractivity contribution in [2.24, 2.45) is 0 Å². The average Bonchev–Trinajstić information content (AvgIpc) is 2.95. The first-order valence-electron chi connectivity index (χ1n) is 7.39. The quantitative estimate of drug-likeness (QED) is 0.692. The molecule has 118 valence electrons. The van der Waals surface area contributed by atoms with Crippen LogP contribution in [0.1, 0.15) is 12.5 Å². The summed E-state index contributed by atoms with van der Waals surface area (Å²) in [6.07, 6.45) is 3.09. The highest BCUT2D eigenvalue weighted by molar-refractivity contribution is 5.80. The molecule has 23 heavy (non-hydrogen) atoms. The number of nitrogens with zero attached hydrogens (tertiary/aromatic N) is 3. The number of carbonyl (C=O) groups is 1. The number of esters is 1. The maximum atomic E-state index is 12.7. The number of benzene rings is 1. The summed E-state index contributed by atoms with van der Waals surface area (Å²) in [6, 6.07) is 9.76. The van der Waals surface area contributed by atoms with Crippen LogP contribution in [-0.4, -0.2) is 26.8 Å². The molecule has 0 aliphatic rings. The Hall–Kier alpha value is -2.89. The lowest BCUT2D eigenvalue weighted by molar-refractivity contribution is -0.143. The van der Waals surface area contributed by atoms with Gasteiger partial charge in [-0.15, -0.1) is 0 Å². The van der Waals surface area contributed by atoms with Crippen molar-refractivity contribution in [3.8, 4) is 11.1 Å². The van der Waals surface area contributed by atoms with Crippen molar-refractivity contribution in [2.75, 3.05) is 6.61 Å². The molecule has 3 aromatic rings. The number of hydrogen-bond acceptors (Lipinski definition) is 4. The normalized spacial score (nSPS) is 10.9. The van der Waals surface area contributed by atoms with Crippen molar-refractivity contribution < 1.29 is 9.53 Å². The Morgan fingerprint density at radius 1 is 1.30 bits per heavy atom. The lowest BCUT2D eigenvalue weighted by Gasteiger charge is -2.07. The first kappa shape index (κ1) is 15.0. The monoisotopic (exact) mass is 311 g/mol. The summed E-state index contributed by atoms with van der Waals surface area (Å²) in [6.45, 7) is 3.86. The van der Waals surface area contributed by atoms with E-state index in [1.54, 1.807) is 13.1 Å². The largest absolute Gasteiger partial charge is 0.465 e. The van der Waals surface area contributed by atoms with Gasteiger partial charge in [-0.25, -0.2) is 4.52 Å². The molecule has 6 heteroatoms. The molecule has 0 unspecified atom stereocenters. The Kier molecular flexibility index (Phi) is 3.97. The van der Waals surface area contributed by atoms with Crippen LogP contribution in [0.3, 0.4) is 0 Å². The predicted molar refractivity (Wildman–Crippen MR) is 86.3 cm³/mol. The molecule has 0 aliphatic carbocycles. The smallest absolute Gasteiger partial charge is 0.326 e. The number of fused-ring (bicyclic) bond motifs is 1. The number of ether oxygens (including phenoxy) is 1. The molecule has 6 nitrogen and oxygen atoms in total. The van der Waals surface area contributed by atoms with Crippen molar-refractivity contribution in [3.63, 3.8) is 0 Å². The van der Waals surface area contributed by atoms with Crippen LogP contribution in [0.25, 0.3) is 16.6 Å². The zero-order valence-corrected chi connectivity index (χ0v) is 13.0. The second-order valence-corrected chi connectivity index (χ2v) is 5.26. The van der Waals surface area contributed by atoms with E-state index in [0.29, 0.717) is 5.52 Å². The summed E-state index contributed by atoms with van der Waals surface area (Å²) in [5, 5.41) is 4.20. The summed E-state index contributed by atoms with van der Waals surface area (Å²) in [5.41, 5.74) is 3.03. The van der Waals surface area contributed by atoms with Crippen LogP contribution in [0, 0.1) is 6.92 Å². The SMILES string of the molecule is CCOC(=O)Cn1cnn2ccc(-c3cccc(C)c3)c2c1=O. The van der Waals surface area contributed by atoms with Gasteiger partial charge in [-0.05, 0) is 25.5 Å². The van der Waals surface area contributed by atoms with Gasteiger partial charge in [0.25, 0.3) is 5.56 Å². The Labute approximate surface area is 132 Å². The van der Waals surface area contributed by atoms with Gasteiger partial charge in [0.2, 0.25) is 0 Å². The highest BCUT2D eigenvalue weighted by atomic mass is 16.5. The van der Waals surface area contributed by atoms with Gasteiger partial charge in [0.1, 0.15) is 18.4 Å². The van der Waals surface area contributed by atoms with Crippen LogP contribution >= 0.6 is 0 Å². The standard InChI is InChI=1S/C17H17N3O3/c1-3-23-15(21)10-19-11-18-20-8-7-14(16(20)17(19)22)13-6-4-5-12(2)9-13/h4-9,11H,3,10H2,1-2H3. The van der Waals surface area contributed by atoms with E-state index in [1.807, 2.05) is 37.3 Å². The highest BCUT2D eigenvalue weighted by Gasteiger charge is 2.13. The molecule has 0 amide bonds. The zero-order chi connectivity index (χ0) is 16.4. The number of hydrogen-bond donors (Lipinski definition) is 0. The molecule has 1 aromatic carbocycles. The third-order valence-electron chi connectivity index (χ3n) is 3.58. The van der Waals surface area contributed by atoms with E-state index in [-0.39, 0.29) is 18.7 Å². The molecule has 0 saturated carbocycles. The minimum atomic E-state index is -0.454. The van der Waals surface area contributed by atoms with E-state index in [4.69, 9.17) is 4.74 Å². The number of aryl methyl sites for hydroxylation is 1. The van der Waals surface area contributed by atoms with Crippen molar-refractivity contribution >= 4 is 11.5 Å². The Bertz CT molecular complexity index is 924. The topological polar surface area (TPSA) is 65.6 Å². The first-order chi connectivity index (χ1) is 11.1. The predicted octanol–water partition coefficient (Wildman–Crippen LogP) is 2.03. The Morgan fingerprint density at radius 2 is 2.13 bits per heavy atom. The zero-order valence-electron chi connectivity index (χ0n) is 13.0. The lowest BCUT2D eigenvalue weighted by atomic mass is 10.1. The third kappa shape index (κ3) is 2.88. The van der Waals surface area contributed by atoms with Gasteiger partial charge >= 0.3 is 5.97 Å². The van der Waals surface area contributed by atoms with Gasteiger partial charge < -0.3 is 4.74 Å². The number of carbonyl (C=O) groups excluding carboxylic acids is 1. The van der Waals surface area contributed by atoms with Crippen LogP contribution in [0.4, 0.5) is 0 Å². The molecule has 0 atom stereocenters. The van der Waals surface area contributed by atoms with E-state index in [0.717, 1.165) is 16.7 Å². The van der Waals surface area contributed by atoms with Gasteiger partial charge in [-0.1, -0.05) is 29.8 Å².